The van der Waals surface area contributed by atoms with Crippen LogP contribution in [0.15, 0.2) is 16.1 Å². The number of amidine groups is 1. The third kappa shape index (κ3) is 0.932. The van der Waals surface area contributed by atoms with Crippen molar-refractivity contribution in [1.29, 1.82) is 0 Å². The van der Waals surface area contributed by atoms with Gasteiger partial charge in [0, 0.05) is 11.1 Å². The summed E-state index contributed by atoms with van der Waals surface area (Å²) < 4.78 is 0. The zero-order chi connectivity index (χ0) is 7.78. The molecule has 0 aromatic carbocycles. The Morgan fingerprint density at radius 2 is 2.30 bits per heavy atom. The lowest BCUT2D eigenvalue weighted by molar-refractivity contribution is 0.339. The Morgan fingerprint density at radius 3 is 2.50 bits per heavy atom. The van der Waals surface area contributed by atoms with Gasteiger partial charge in [0.05, 0.1) is 6.61 Å². The van der Waals surface area contributed by atoms with Gasteiger partial charge in [0.1, 0.15) is 5.17 Å². The molecule has 0 unspecified atom stereocenters. The van der Waals surface area contributed by atoms with Gasteiger partial charge in [-0.15, -0.1) is 0 Å². The van der Waals surface area contributed by atoms with Crippen molar-refractivity contribution >= 4 is 15.2 Å². The summed E-state index contributed by atoms with van der Waals surface area (Å²) in [4.78, 5) is 4.91. The van der Waals surface area contributed by atoms with Gasteiger partial charge in [-0.25, -0.2) is 4.99 Å². The van der Waals surface area contributed by atoms with Gasteiger partial charge < -0.3 is 10.8 Å². The summed E-state index contributed by atoms with van der Waals surface area (Å²) in [6, 6.07) is 0. The van der Waals surface area contributed by atoms with Gasteiger partial charge in [-0.3, -0.25) is 0 Å². The molecular formula is C6H12N2OS. The Hall–Kier alpha value is -0.480. The topological polar surface area (TPSA) is 58.6 Å². The highest BCUT2D eigenvalue weighted by molar-refractivity contribution is 8.47. The maximum atomic E-state index is 8.84. The highest BCUT2D eigenvalue weighted by Crippen LogP contribution is 2.51. The first-order chi connectivity index (χ1) is 4.59. The van der Waals surface area contributed by atoms with Gasteiger partial charge in [-0.05, 0) is 12.5 Å². The average molecular weight is 160 g/mol. The number of aliphatic hydroxyl groups is 1. The molecule has 0 amide bonds. The molecule has 0 radical (unpaired) electrons. The van der Waals surface area contributed by atoms with Crippen LogP contribution in [-0.2, 0) is 0 Å². The lowest BCUT2D eigenvalue weighted by Crippen LogP contribution is -2.18. The predicted octanol–water partition coefficient (Wildman–Crippen LogP) is 0.213. The number of aliphatic imine (C=N–C) groups is 1. The Kier molecular flexibility index (Phi) is 1.74. The molecule has 0 aliphatic carbocycles. The fourth-order valence-electron chi connectivity index (χ4n) is 0.736. The van der Waals surface area contributed by atoms with E-state index in [4.69, 9.17) is 10.8 Å². The molecule has 0 atom stereocenters. The summed E-state index contributed by atoms with van der Waals surface area (Å²) in [5.41, 5.74) is 5.60. The molecule has 1 aliphatic heterocycles. The molecule has 0 aromatic heterocycles. The second-order valence-electron chi connectivity index (χ2n) is 2.55. The Labute approximate surface area is 62.0 Å². The van der Waals surface area contributed by atoms with E-state index < -0.39 is 10.0 Å². The van der Waals surface area contributed by atoms with E-state index >= 15 is 0 Å². The third-order valence-corrected chi connectivity index (χ3v) is 4.37. The lowest BCUT2D eigenvalue weighted by Gasteiger charge is -2.27. The molecule has 58 valence electrons. The van der Waals surface area contributed by atoms with Gasteiger partial charge in [0.15, 0.2) is 0 Å². The number of aliphatic hydroxyl groups excluding tert-OH is 1. The monoisotopic (exact) mass is 160 g/mol. The highest BCUT2D eigenvalue weighted by atomic mass is 32.3. The fraction of sp³-hybridized carbons (Fsp3) is 0.500. The van der Waals surface area contributed by atoms with E-state index in [1.165, 1.54) is 0 Å². The molecule has 3 nitrogen and oxygen atoms in total. The molecule has 0 aromatic rings. The van der Waals surface area contributed by atoms with Crippen molar-refractivity contribution < 1.29 is 5.11 Å². The quantitative estimate of drug-likeness (QED) is 0.576. The molecular weight excluding hydrogens is 148 g/mol. The molecule has 4 heteroatoms. The summed E-state index contributed by atoms with van der Waals surface area (Å²) >= 11 is 0. The van der Waals surface area contributed by atoms with E-state index in [1.807, 2.05) is 12.5 Å². The SMILES string of the molecule is CS1(C)C(CO)=CN=C1N. The average Bonchev–Trinajstić information content (AvgIpc) is 2.10. The van der Waals surface area contributed by atoms with Crippen LogP contribution in [0.5, 0.6) is 0 Å². The first kappa shape index (κ1) is 7.63. The van der Waals surface area contributed by atoms with Crippen molar-refractivity contribution in [2.75, 3.05) is 19.1 Å². The first-order valence-electron chi connectivity index (χ1n) is 2.95. The van der Waals surface area contributed by atoms with Crippen molar-refractivity contribution in [3.8, 4) is 0 Å². The second-order valence-corrected chi connectivity index (χ2v) is 6.14. The van der Waals surface area contributed by atoms with Crippen molar-refractivity contribution in [2.45, 2.75) is 0 Å². The van der Waals surface area contributed by atoms with E-state index in [0.717, 1.165) is 4.91 Å². The molecule has 0 saturated carbocycles. The van der Waals surface area contributed by atoms with Crippen molar-refractivity contribution in [2.24, 2.45) is 10.7 Å². The smallest absolute Gasteiger partial charge is 0.144 e. The predicted molar refractivity (Wildman–Crippen MR) is 46.2 cm³/mol. The summed E-state index contributed by atoms with van der Waals surface area (Å²) in [6.07, 6.45) is 5.73. The minimum absolute atomic E-state index is 0.0759. The number of rotatable bonds is 1. The van der Waals surface area contributed by atoms with Gasteiger partial charge >= 0.3 is 0 Å². The number of nitrogens with two attached hydrogens (primary N) is 1. The molecule has 0 saturated heterocycles. The van der Waals surface area contributed by atoms with Crippen LogP contribution in [0.2, 0.25) is 0 Å². The van der Waals surface area contributed by atoms with Gasteiger partial charge in [0.25, 0.3) is 0 Å². The molecule has 10 heavy (non-hydrogen) atoms. The van der Waals surface area contributed by atoms with Crippen molar-refractivity contribution in [3.05, 3.63) is 11.1 Å². The summed E-state index contributed by atoms with van der Waals surface area (Å²) in [5, 5.41) is 9.51. The van der Waals surface area contributed by atoms with Crippen LogP contribution in [0.1, 0.15) is 0 Å². The Morgan fingerprint density at radius 1 is 1.70 bits per heavy atom. The Bertz CT molecular complexity index is 208. The molecule has 0 bridgehead atoms. The Balaban J connectivity index is 2.89. The van der Waals surface area contributed by atoms with Gasteiger partial charge in [-0.1, -0.05) is 0 Å². The van der Waals surface area contributed by atoms with E-state index in [0.29, 0.717) is 5.17 Å². The third-order valence-electron chi connectivity index (χ3n) is 1.67. The largest absolute Gasteiger partial charge is 0.391 e. The molecule has 1 rings (SSSR count). The van der Waals surface area contributed by atoms with Crippen molar-refractivity contribution in [3.63, 3.8) is 0 Å². The van der Waals surface area contributed by atoms with Crippen LogP contribution in [0.3, 0.4) is 0 Å². The molecule has 0 fully saturated rings. The zero-order valence-electron chi connectivity index (χ0n) is 6.16. The molecule has 1 aliphatic rings. The zero-order valence-corrected chi connectivity index (χ0v) is 6.98. The normalized spacial score (nSPS) is 25.5. The van der Waals surface area contributed by atoms with Crippen LogP contribution < -0.4 is 5.73 Å². The van der Waals surface area contributed by atoms with Crippen LogP contribution in [0, 0.1) is 0 Å². The molecule has 3 N–H and O–H groups in total. The van der Waals surface area contributed by atoms with Crippen LogP contribution >= 0.6 is 10.0 Å². The second kappa shape index (κ2) is 2.29. The van der Waals surface area contributed by atoms with E-state index in [-0.39, 0.29) is 6.61 Å². The van der Waals surface area contributed by atoms with Crippen molar-refractivity contribution in [1.82, 2.24) is 0 Å². The summed E-state index contributed by atoms with van der Waals surface area (Å²) in [6.45, 7) is 0.0759. The lowest BCUT2D eigenvalue weighted by atomic mass is 10.6. The van der Waals surface area contributed by atoms with E-state index in [1.54, 1.807) is 6.20 Å². The summed E-state index contributed by atoms with van der Waals surface area (Å²) in [7, 11) is -1.08. The number of hydrogen-bond acceptors (Lipinski definition) is 3. The number of nitrogens with zero attached hydrogens (tertiary/aromatic N) is 1. The minimum Gasteiger partial charge on any atom is -0.391 e. The minimum atomic E-state index is -1.08. The van der Waals surface area contributed by atoms with Gasteiger partial charge in [-0.2, -0.15) is 10.0 Å². The number of hydrogen-bond donors (Lipinski definition) is 2. The molecule has 1 heterocycles. The van der Waals surface area contributed by atoms with E-state index in [2.05, 4.69) is 4.99 Å². The maximum absolute atomic E-state index is 8.84. The standard InChI is InChI=1S/C6H12N2OS/c1-10(2)5(4-9)3-8-6(10)7/h3,9H,4H2,1-2H3,(H2,7,8). The maximum Gasteiger partial charge on any atom is 0.144 e. The highest BCUT2D eigenvalue weighted by Gasteiger charge is 2.25. The van der Waals surface area contributed by atoms with Crippen LogP contribution in [0.4, 0.5) is 0 Å². The summed E-state index contributed by atoms with van der Waals surface area (Å²) in [5.74, 6) is 0. The first-order valence-corrected chi connectivity index (χ1v) is 5.40. The molecule has 0 spiro atoms. The van der Waals surface area contributed by atoms with Crippen LogP contribution in [-0.4, -0.2) is 29.4 Å². The van der Waals surface area contributed by atoms with Gasteiger partial charge in [0.2, 0.25) is 0 Å². The van der Waals surface area contributed by atoms with E-state index in [9.17, 15) is 0 Å². The fourth-order valence-corrected chi connectivity index (χ4v) is 1.96. The van der Waals surface area contributed by atoms with Crippen LogP contribution in [0.25, 0.3) is 0 Å².